The van der Waals surface area contributed by atoms with E-state index < -0.39 is 22.7 Å². The lowest BCUT2D eigenvalue weighted by molar-refractivity contribution is -0.138. The lowest BCUT2D eigenvalue weighted by Gasteiger charge is -2.47. The second-order valence-electron chi connectivity index (χ2n) is 10.8. The van der Waals surface area contributed by atoms with Crippen molar-refractivity contribution in [1.82, 2.24) is 0 Å². The van der Waals surface area contributed by atoms with E-state index in [1.165, 1.54) is 19.1 Å². The Bertz CT molecular complexity index is 1490. The molecule has 1 atom stereocenters. The molecule has 0 radical (unpaired) electrons. The first-order valence-corrected chi connectivity index (χ1v) is 12.7. The number of amides is 1. The Morgan fingerprint density at radius 1 is 1.08 bits per heavy atom. The average Bonchev–Trinajstić information content (AvgIpc) is 3.07. The number of allylic oxidation sites excluding steroid dienone is 1. The number of esters is 1. The van der Waals surface area contributed by atoms with Crippen molar-refractivity contribution in [1.29, 1.82) is 0 Å². The van der Waals surface area contributed by atoms with Gasteiger partial charge in [-0.1, -0.05) is 43.6 Å². The van der Waals surface area contributed by atoms with E-state index in [1.54, 1.807) is 42.3 Å². The van der Waals surface area contributed by atoms with Gasteiger partial charge in [-0.2, -0.15) is 0 Å². The van der Waals surface area contributed by atoms with Crippen molar-refractivity contribution in [2.75, 3.05) is 31.1 Å². The zero-order chi connectivity index (χ0) is 27.7. The van der Waals surface area contributed by atoms with Gasteiger partial charge in [0, 0.05) is 47.1 Å². The zero-order valence-electron chi connectivity index (χ0n) is 22.3. The molecule has 1 amide bonds. The molecule has 0 bridgehead atoms. The maximum Gasteiger partial charge on any atom is 0.339 e. The highest BCUT2D eigenvalue weighted by Crippen LogP contribution is 2.59. The van der Waals surface area contributed by atoms with E-state index in [0.717, 1.165) is 5.56 Å². The molecule has 1 aliphatic carbocycles. The Balaban J connectivity index is 1.97. The number of hydrogen-bond acceptors (Lipinski definition) is 7. The van der Waals surface area contributed by atoms with Crippen molar-refractivity contribution in [3.63, 3.8) is 0 Å². The Labute approximate surface area is 226 Å². The largest absolute Gasteiger partial charge is 0.495 e. The third-order valence-electron chi connectivity index (χ3n) is 7.75. The van der Waals surface area contributed by atoms with Gasteiger partial charge in [0.05, 0.1) is 19.9 Å². The number of fused-ring (bicyclic) bond motifs is 3. The number of halogens is 1. The third kappa shape index (κ3) is 3.32. The Morgan fingerprint density at radius 2 is 1.76 bits per heavy atom. The Morgan fingerprint density at radius 3 is 2.42 bits per heavy atom. The molecule has 1 spiro atoms. The summed E-state index contributed by atoms with van der Waals surface area (Å²) in [6.07, 6.45) is 0.626. The van der Waals surface area contributed by atoms with Crippen LogP contribution in [0.4, 0.5) is 11.4 Å². The number of rotatable bonds is 3. The molecule has 0 fully saturated rings. The quantitative estimate of drug-likeness (QED) is 0.582. The Kier molecular flexibility index (Phi) is 5.87. The number of benzene rings is 2. The minimum Gasteiger partial charge on any atom is -0.495 e. The van der Waals surface area contributed by atoms with Crippen LogP contribution in [0, 0.1) is 12.3 Å². The second kappa shape index (κ2) is 8.63. The first-order valence-electron chi connectivity index (χ1n) is 12.3. The summed E-state index contributed by atoms with van der Waals surface area (Å²) in [5.74, 6) is -1.04. The Hall–Kier alpha value is -3.78. The number of methoxy groups -OCH3 is 2. The maximum atomic E-state index is 14.3. The van der Waals surface area contributed by atoms with Crippen molar-refractivity contribution >= 4 is 40.6 Å². The molecule has 5 rings (SSSR count). The molecule has 1 unspecified atom stereocenters. The van der Waals surface area contributed by atoms with E-state index in [2.05, 4.69) is 0 Å². The number of carbonyl (C=O) groups is 3. The van der Waals surface area contributed by atoms with E-state index in [4.69, 9.17) is 26.8 Å². The highest BCUT2D eigenvalue weighted by Gasteiger charge is 2.64. The van der Waals surface area contributed by atoms with Crippen molar-refractivity contribution in [2.24, 2.45) is 11.1 Å². The summed E-state index contributed by atoms with van der Waals surface area (Å²) < 4.78 is 10.9. The minimum absolute atomic E-state index is 0.000393. The monoisotopic (exact) mass is 535 g/mol. The molecule has 2 aromatic rings. The molecule has 38 heavy (non-hydrogen) atoms. The van der Waals surface area contributed by atoms with Crippen LogP contribution in [0.5, 0.6) is 5.75 Å². The minimum atomic E-state index is -1.74. The summed E-state index contributed by atoms with van der Waals surface area (Å²) in [7, 11) is 4.38. The highest BCUT2D eigenvalue weighted by atomic mass is 35.5. The number of anilines is 2. The number of ketones is 1. The first kappa shape index (κ1) is 25.9. The molecule has 8 nitrogen and oxygen atoms in total. The van der Waals surface area contributed by atoms with Crippen LogP contribution >= 0.6 is 11.6 Å². The van der Waals surface area contributed by atoms with Gasteiger partial charge in [0.25, 0.3) is 0 Å². The smallest absolute Gasteiger partial charge is 0.339 e. The SMILES string of the molecule is COC(=O)C1=C(N)N(c2cc(C)c(Cl)cc2OC)C2=C(C(=O)CC(C)(C)C2)C12C(=O)N(C)c1ccccc12. The fourth-order valence-corrected chi connectivity index (χ4v) is 6.30. The summed E-state index contributed by atoms with van der Waals surface area (Å²) >= 11 is 6.40. The van der Waals surface area contributed by atoms with Crippen molar-refractivity contribution in [2.45, 2.75) is 39.0 Å². The summed E-state index contributed by atoms with van der Waals surface area (Å²) in [5.41, 5.74) is 7.81. The lowest BCUT2D eigenvalue weighted by Crippen LogP contribution is -2.55. The fourth-order valence-electron chi connectivity index (χ4n) is 6.14. The number of nitrogens with zero attached hydrogens (tertiary/aromatic N) is 2. The van der Waals surface area contributed by atoms with E-state index in [1.807, 2.05) is 26.8 Å². The van der Waals surface area contributed by atoms with Crippen LogP contribution in [0.3, 0.4) is 0 Å². The summed E-state index contributed by atoms with van der Waals surface area (Å²) in [6.45, 7) is 5.83. The predicted molar refractivity (Wildman–Crippen MR) is 145 cm³/mol. The van der Waals surface area contributed by atoms with Gasteiger partial charge in [0.1, 0.15) is 22.6 Å². The van der Waals surface area contributed by atoms with Gasteiger partial charge in [-0.25, -0.2) is 4.79 Å². The first-order chi connectivity index (χ1) is 17.9. The molecular weight excluding hydrogens is 506 g/mol. The molecule has 2 heterocycles. The number of carbonyl (C=O) groups excluding carboxylic acids is 3. The number of Topliss-reactive ketones (excluding diaryl/α,β-unsaturated/α-hetero) is 1. The predicted octanol–water partition coefficient (Wildman–Crippen LogP) is 4.38. The van der Waals surface area contributed by atoms with Gasteiger partial charge in [0.2, 0.25) is 5.91 Å². The van der Waals surface area contributed by atoms with Crippen LogP contribution in [0.15, 0.2) is 59.1 Å². The average molecular weight is 536 g/mol. The van der Waals surface area contributed by atoms with Gasteiger partial charge in [-0.3, -0.25) is 14.5 Å². The summed E-state index contributed by atoms with van der Waals surface area (Å²) in [4.78, 5) is 45.2. The van der Waals surface area contributed by atoms with Crippen LogP contribution < -0.4 is 20.3 Å². The molecule has 2 aliphatic heterocycles. The third-order valence-corrected chi connectivity index (χ3v) is 8.16. The molecule has 0 aromatic heterocycles. The summed E-state index contributed by atoms with van der Waals surface area (Å²) in [6, 6.07) is 10.6. The van der Waals surface area contributed by atoms with E-state index in [-0.39, 0.29) is 29.2 Å². The standard InChI is InChI=1S/C29H30ClN3O5/c1-15-11-19(22(37-5)12-17(15)30)33-20-13-28(2,3)14-21(34)23(20)29(24(25(33)31)26(35)38-6)16-9-7-8-10-18(16)32(4)27(29)36/h7-12H,13-14,31H2,1-6H3. The number of ether oxygens (including phenoxy) is 2. The molecule has 0 saturated carbocycles. The number of hydrogen-bond donors (Lipinski definition) is 1. The molecule has 198 valence electrons. The number of aryl methyl sites for hydroxylation is 1. The number of nitrogens with two attached hydrogens (primary N) is 1. The van der Waals surface area contributed by atoms with E-state index in [0.29, 0.717) is 39.8 Å². The van der Waals surface area contributed by atoms with Crippen molar-refractivity contribution in [3.05, 3.63) is 75.2 Å². The normalized spacial score (nSPS) is 22.2. The van der Waals surface area contributed by atoms with Crippen LogP contribution in [0.25, 0.3) is 0 Å². The molecule has 2 aromatic carbocycles. The lowest BCUT2D eigenvalue weighted by atomic mass is 9.60. The van der Waals surface area contributed by atoms with Crippen LogP contribution in [0.2, 0.25) is 5.02 Å². The molecule has 3 aliphatic rings. The van der Waals surface area contributed by atoms with E-state index >= 15 is 0 Å². The van der Waals surface area contributed by atoms with Gasteiger partial charge in [-0.05, 0) is 36.5 Å². The van der Waals surface area contributed by atoms with Crippen molar-refractivity contribution < 1.29 is 23.9 Å². The highest BCUT2D eigenvalue weighted by molar-refractivity contribution is 6.31. The van der Waals surface area contributed by atoms with Gasteiger partial charge in [0.15, 0.2) is 5.78 Å². The molecule has 2 N–H and O–H groups in total. The second-order valence-corrected chi connectivity index (χ2v) is 11.2. The molecule has 9 heteroatoms. The fraction of sp³-hybridized carbons (Fsp3) is 0.345. The molecular formula is C29H30ClN3O5. The van der Waals surface area contributed by atoms with Gasteiger partial charge < -0.3 is 20.1 Å². The van der Waals surface area contributed by atoms with Crippen molar-refractivity contribution in [3.8, 4) is 5.75 Å². The zero-order valence-corrected chi connectivity index (χ0v) is 23.0. The summed E-state index contributed by atoms with van der Waals surface area (Å²) in [5, 5.41) is 0.491. The topological polar surface area (TPSA) is 102 Å². The maximum absolute atomic E-state index is 14.3. The van der Waals surface area contributed by atoms with Crippen LogP contribution in [-0.2, 0) is 24.5 Å². The van der Waals surface area contributed by atoms with E-state index in [9.17, 15) is 14.4 Å². The van der Waals surface area contributed by atoms with Crippen LogP contribution in [-0.4, -0.2) is 38.9 Å². The van der Waals surface area contributed by atoms with Gasteiger partial charge >= 0.3 is 5.97 Å². The number of likely N-dealkylation sites (N-methyl/N-ethyl adjacent to an activating group) is 1. The van der Waals surface area contributed by atoms with Gasteiger partial charge in [-0.15, -0.1) is 0 Å². The molecule has 0 saturated heterocycles. The number of para-hydroxylation sites is 1. The van der Waals surface area contributed by atoms with Crippen LogP contribution in [0.1, 0.15) is 37.8 Å².